The SMILES string of the molecule is Cc1occc1-c1nn(CC(=O)NC2CCCCC2)c(=O)o1. The average molecular weight is 305 g/mol. The number of aryl methyl sites for hydroxylation is 1. The van der Waals surface area contributed by atoms with E-state index in [-0.39, 0.29) is 24.4 Å². The van der Waals surface area contributed by atoms with Crippen molar-refractivity contribution < 1.29 is 13.6 Å². The molecule has 1 aliphatic carbocycles. The van der Waals surface area contributed by atoms with E-state index in [1.165, 1.54) is 12.7 Å². The van der Waals surface area contributed by atoms with Crippen LogP contribution in [-0.2, 0) is 11.3 Å². The van der Waals surface area contributed by atoms with Crippen molar-refractivity contribution in [3.8, 4) is 11.5 Å². The summed E-state index contributed by atoms with van der Waals surface area (Å²) in [7, 11) is 0. The van der Waals surface area contributed by atoms with Gasteiger partial charge < -0.3 is 14.2 Å². The number of furan rings is 1. The minimum Gasteiger partial charge on any atom is -0.469 e. The Morgan fingerprint density at radius 2 is 2.18 bits per heavy atom. The normalized spacial score (nSPS) is 15.9. The number of hydrogen-bond donors (Lipinski definition) is 1. The van der Waals surface area contributed by atoms with Crippen LogP contribution >= 0.6 is 0 Å². The molecule has 0 atom stereocenters. The van der Waals surface area contributed by atoms with E-state index < -0.39 is 5.76 Å². The van der Waals surface area contributed by atoms with Gasteiger partial charge in [0.2, 0.25) is 5.91 Å². The molecule has 7 heteroatoms. The first-order valence-corrected chi connectivity index (χ1v) is 7.55. The van der Waals surface area contributed by atoms with Gasteiger partial charge in [0, 0.05) is 6.04 Å². The highest BCUT2D eigenvalue weighted by Gasteiger charge is 2.19. The molecule has 1 aliphatic rings. The van der Waals surface area contributed by atoms with Gasteiger partial charge in [-0.05, 0) is 25.8 Å². The summed E-state index contributed by atoms with van der Waals surface area (Å²) in [5.41, 5.74) is 0.614. The van der Waals surface area contributed by atoms with E-state index >= 15 is 0 Å². The summed E-state index contributed by atoms with van der Waals surface area (Å²) in [6, 6.07) is 1.88. The summed E-state index contributed by atoms with van der Waals surface area (Å²) >= 11 is 0. The molecule has 0 spiro atoms. The topological polar surface area (TPSA) is 90.3 Å². The van der Waals surface area contributed by atoms with E-state index in [1.54, 1.807) is 13.0 Å². The van der Waals surface area contributed by atoms with Crippen molar-refractivity contribution in [3.63, 3.8) is 0 Å². The minimum absolute atomic E-state index is 0.129. The Bertz CT molecular complexity index is 706. The Kier molecular flexibility index (Phi) is 4.13. The molecule has 7 nitrogen and oxygen atoms in total. The Balaban J connectivity index is 1.67. The van der Waals surface area contributed by atoms with Crippen molar-refractivity contribution in [1.82, 2.24) is 15.1 Å². The summed E-state index contributed by atoms with van der Waals surface area (Å²) in [4.78, 5) is 23.8. The fraction of sp³-hybridized carbons (Fsp3) is 0.533. The molecule has 0 aliphatic heterocycles. The second kappa shape index (κ2) is 6.21. The second-order valence-electron chi connectivity index (χ2n) is 5.62. The van der Waals surface area contributed by atoms with Crippen molar-refractivity contribution in [2.45, 2.75) is 51.6 Å². The third kappa shape index (κ3) is 3.13. The van der Waals surface area contributed by atoms with Crippen molar-refractivity contribution in [3.05, 3.63) is 28.6 Å². The molecule has 1 saturated carbocycles. The van der Waals surface area contributed by atoms with E-state index in [0.29, 0.717) is 11.3 Å². The third-order valence-electron chi connectivity index (χ3n) is 3.96. The van der Waals surface area contributed by atoms with Gasteiger partial charge in [-0.2, -0.15) is 4.68 Å². The first-order valence-electron chi connectivity index (χ1n) is 7.55. The fourth-order valence-corrected chi connectivity index (χ4v) is 2.78. The molecule has 0 aromatic carbocycles. The van der Waals surface area contributed by atoms with Crippen LogP contribution in [-0.4, -0.2) is 21.7 Å². The van der Waals surface area contributed by atoms with Gasteiger partial charge >= 0.3 is 5.76 Å². The van der Waals surface area contributed by atoms with Crippen molar-refractivity contribution >= 4 is 5.91 Å². The van der Waals surface area contributed by atoms with E-state index in [9.17, 15) is 9.59 Å². The van der Waals surface area contributed by atoms with Crippen LogP contribution < -0.4 is 11.1 Å². The molecule has 2 aromatic heterocycles. The maximum atomic E-state index is 12.0. The van der Waals surface area contributed by atoms with Gasteiger partial charge in [-0.3, -0.25) is 4.79 Å². The van der Waals surface area contributed by atoms with E-state index in [2.05, 4.69) is 10.4 Å². The van der Waals surface area contributed by atoms with Crippen molar-refractivity contribution in [1.29, 1.82) is 0 Å². The summed E-state index contributed by atoms with van der Waals surface area (Å²) < 4.78 is 11.3. The highest BCUT2D eigenvalue weighted by atomic mass is 16.4. The number of carbonyl (C=O) groups is 1. The van der Waals surface area contributed by atoms with Crippen LogP contribution in [0.1, 0.15) is 37.9 Å². The molecule has 1 N–H and O–H groups in total. The molecular formula is C15H19N3O4. The third-order valence-corrected chi connectivity index (χ3v) is 3.96. The Labute approximate surface area is 127 Å². The number of nitrogens with one attached hydrogen (secondary N) is 1. The predicted octanol–water partition coefficient (Wildman–Crippen LogP) is 1.85. The Hall–Kier alpha value is -2.31. The molecule has 2 aromatic rings. The Morgan fingerprint density at radius 1 is 1.41 bits per heavy atom. The van der Waals surface area contributed by atoms with Crippen LogP contribution in [0.5, 0.6) is 0 Å². The molecule has 0 radical (unpaired) electrons. The van der Waals surface area contributed by atoms with Gasteiger partial charge in [0.05, 0.1) is 11.8 Å². The van der Waals surface area contributed by atoms with Gasteiger partial charge in [-0.25, -0.2) is 4.79 Å². The predicted molar refractivity (Wildman–Crippen MR) is 78.2 cm³/mol. The number of carbonyl (C=O) groups excluding carboxylic acids is 1. The maximum absolute atomic E-state index is 12.0. The van der Waals surface area contributed by atoms with E-state index in [1.807, 2.05) is 0 Å². The monoisotopic (exact) mass is 305 g/mol. The molecular weight excluding hydrogens is 286 g/mol. The molecule has 22 heavy (non-hydrogen) atoms. The zero-order valence-electron chi connectivity index (χ0n) is 12.5. The number of amides is 1. The van der Waals surface area contributed by atoms with Gasteiger partial charge in [0.15, 0.2) is 0 Å². The van der Waals surface area contributed by atoms with Crippen LogP contribution in [0.2, 0.25) is 0 Å². The van der Waals surface area contributed by atoms with Crippen LogP contribution in [0.3, 0.4) is 0 Å². The van der Waals surface area contributed by atoms with Crippen LogP contribution in [0.25, 0.3) is 11.5 Å². The summed E-state index contributed by atoms with van der Waals surface area (Å²) in [6.07, 6.45) is 7.00. The fourth-order valence-electron chi connectivity index (χ4n) is 2.78. The smallest absolute Gasteiger partial charge is 0.437 e. The molecule has 1 amide bonds. The lowest BCUT2D eigenvalue weighted by Gasteiger charge is -2.22. The first kappa shape index (κ1) is 14.6. The lowest BCUT2D eigenvalue weighted by Crippen LogP contribution is -2.39. The minimum atomic E-state index is -0.644. The molecule has 0 saturated heterocycles. The van der Waals surface area contributed by atoms with Crippen molar-refractivity contribution in [2.75, 3.05) is 0 Å². The number of aromatic nitrogens is 2. The first-order chi connectivity index (χ1) is 10.6. The summed E-state index contributed by atoms with van der Waals surface area (Å²) in [6.45, 7) is 1.62. The quantitative estimate of drug-likeness (QED) is 0.931. The number of rotatable bonds is 4. The zero-order chi connectivity index (χ0) is 15.5. The van der Waals surface area contributed by atoms with Gasteiger partial charge in [-0.1, -0.05) is 19.3 Å². The van der Waals surface area contributed by atoms with Gasteiger partial charge in [0.1, 0.15) is 12.3 Å². The highest BCUT2D eigenvalue weighted by Crippen LogP contribution is 2.21. The van der Waals surface area contributed by atoms with Gasteiger partial charge in [0.25, 0.3) is 5.89 Å². The number of nitrogens with zero attached hydrogens (tertiary/aromatic N) is 2. The zero-order valence-corrected chi connectivity index (χ0v) is 12.5. The average Bonchev–Trinajstić information content (AvgIpc) is 3.06. The lowest BCUT2D eigenvalue weighted by molar-refractivity contribution is -0.122. The molecule has 2 heterocycles. The largest absolute Gasteiger partial charge is 0.469 e. The van der Waals surface area contributed by atoms with E-state index in [0.717, 1.165) is 30.4 Å². The van der Waals surface area contributed by atoms with Crippen LogP contribution in [0.4, 0.5) is 0 Å². The standard InChI is InChI=1S/C15H19N3O4/c1-10-12(7-8-21-10)14-17-18(15(20)22-14)9-13(19)16-11-5-3-2-4-6-11/h7-8,11H,2-6,9H2,1H3,(H,16,19). The van der Waals surface area contributed by atoms with Crippen LogP contribution in [0, 0.1) is 6.92 Å². The highest BCUT2D eigenvalue weighted by molar-refractivity contribution is 5.76. The van der Waals surface area contributed by atoms with Crippen LogP contribution in [0.15, 0.2) is 26.0 Å². The summed E-state index contributed by atoms with van der Waals surface area (Å²) in [5.74, 6) is -0.0751. The molecule has 1 fully saturated rings. The number of hydrogen-bond acceptors (Lipinski definition) is 5. The molecule has 0 unspecified atom stereocenters. The second-order valence-corrected chi connectivity index (χ2v) is 5.62. The van der Waals surface area contributed by atoms with Crippen molar-refractivity contribution in [2.24, 2.45) is 0 Å². The maximum Gasteiger partial charge on any atom is 0.437 e. The molecule has 0 bridgehead atoms. The molecule has 3 rings (SSSR count). The Morgan fingerprint density at radius 3 is 2.86 bits per heavy atom. The lowest BCUT2D eigenvalue weighted by atomic mass is 9.95. The van der Waals surface area contributed by atoms with E-state index in [4.69, 9.17) is 8.83 Å². The molecule has 118 valence electrons. The summed E-state index contributed by atoms with van der Waals surface area (Å²) in [5, 5.41) is 7.01. The van der Waals surface area contributed by atoms with Gasteiger partial charge in [-0.15, -0.1) is 5.10 Å².